The summed E-state index contributed by atoms with van der Waals surface area (Å²) in [6.07, 6.45) is 9.97. The normalized spacial score (nSPS) is 22.0. The van der Waals surface area contributed by atoms with Crippen LogP contribution in [0.3, 0.4) is 0 Å². The minimum atomic E-state index is -0.163. The van der Waals surface area contributed by atoms with E-state index in [4.69, 9.17) is 19.3 Å². The molecule has 0 saturated carbocycles. The molecular weight excluding hydrogens is 442 g/mol. The van der Waals surface area contributed by atoms with Crippen LogP contribution in [-0.4, -0.2) is 77.6 Å². The summed E-state index contributed by atoms with van der Waals surface area (Å²) in [6.45, 7) is 7.97. The molecule has 2 aliphatic heterocycles. The third-order valence-corrected chi connectivity index (χ3v) is 6.92. The molecule has 1 N–H and O–H groups in total. The van der Waals surface area contributed by atoms with Crippen LogP contribution >= 0.6 is 11.7 Å². The molecule has 1 aromatic rings. The first-order valence-electron chi connectivity index (χ1n) is 12.3. The number of esters is 1. The van der Waals surface area contributed by atoms with Gasteiger partial charge in [0.25, 0.3) is 5.88 Å². The fraction of sp³-hybridized carbons (Fsp3) is 0.792. The monoisotopic (exact) mass is 484 g/mol. The van der Waals surface area contributed by atoms with Crippen LogP contribution in [-0.2, 0) is 14.3 Å². The van der Waals surface area contributed by atoms with Gasteiger partial charge in [-0.15, -0.1) is 4.37 Å². The molecule has 0 aromatic carbocycles. The van der Waals surface area contributed by atoms with E-state index < -0.39 is 0 Å². The highest BCUT2D eigenvalue weighted by Gasteiger charge is 2.39. The smallest absolute Gasteiger partial charge is 0.313 e. The lowest BCUT2D eigenvalue weighted by molar-refractivity contribution is -0.947. The lowest BCUT2D eigenvalue weighted by Gasteiger charge is -2.42. The van der Waals surface area contributed by atoms with Gasteiger partial charge in [0.05, 0.1) is 37.8 Å². The van der Waals surface area contributed by atoms with Gasteiger partial charge in [0, 0.05) is 38.7 Å². The van der Waals surface area contributed by atoms with Crippen LogP contribution in [0.2, 0.25) is 0 Å². The van der Waals surface area contributed by atoms with Gasteiger partial charge in [-0.1, -0.05) is 39.2 Å². The number of carbonyl (C=O) groups excluding carboxylic acids is 1. The Bertz CT molecular complexity index is 735. The molecular formula is C24H42N3O5S+. The Hall–Kier alpha value is -1.55. The summed E-state index contributed by atoms with van der Waals surface area (Å²) in [5, 5.41) is 7.00. The molecule has 0 spiro atoms. The number of aliphatic hydroxyl groups excluding tert-OH is 1. The number of likely N-dealkylation sites (N-methyl/N-ethyl adjacent to an activating group) is 1. The molecule has 2 atom stereocenters. The molecule has 1 fully saturated rings. The van der Waals surface area contributed by atoms with Crippen molar-refractivity contribution in [2.24, 2.45) is 5.92 Å². The second-order valence-electron chi connectivity index (χ2n) is 8.89. The molecule has 3 heterocycles. The molecule has 0 radical (unpaired) electrons. The predicted octanol–water partition coefficient (Wildman–Crippen LogP) is 4.05. The lowest BCUT2D eigenvalue weighted by atomic mass is 10.0. The van der Waals surface area contributed by atoms with Crippen LogP contribution in [0.15, 0.2) is 6.08 Å². The van der Waals surface area contributed by atoms with Gasteiger partial charge in [-0.05, 0) is 19.3 Å². The fourth-order valence-electron chi connectivity index (χ4n) is 4.47. The first kappa shape index (κ1) is 27.7. The summed E-state index contributed by atoms with van der Waals surface area (Å²) in [5.74, 6) is 0.537. The van der Waals surface area contributed by atoms with Crippen LogP contribution in [0.25, 0.3) is 5.57 Å². The van der Waals surface area contributed by atoms with Crippen molar-refractivity contribution in [3.05, 3.63) is 11.8 Å². The average molecular weight is 485 g/mol. The highest BCUT2D eigenvalue weighted by molar-refractivity contribution is 6.99. The van der Waals surface area contributed by atoms with Gasteiger partial charge in [-0.2, -0.15) is 4.37 Å². The molecule has 33 heavy (non-hydrogen) atoms. The summed E-state index contributed by atoms with van der Waals surface area (Å²) in [7, 11) is 3.18. The highest BCUT2D eigenvalue weighted by atomic mass is 32.1. The van der Waals surface area contributed by atoms with E-state index in [1.54, 1.807) is 0 Å². The zero-order valence-corrected chi connectivity index (χ0v) is 21.6. The Labute approximate surface area is 202 Å². The number of rotatable bonds is 11. The molecule has 2 unspecified atom stereocenters. The van der Waals surface area contributed by atoms with E-state index in [0.717, 1.165) is 63.6 Å². The van der Waals surface area contributed by atoms with Crippen molar-refractivity contribution in [3.63, 3.8) is 0 Å². The standard InChI is InChI=1S/C23H38N3O4S.CH4O/c1-4-6-7-8-14-29-22-21(24-31-25-22)19-10-9-13-26(3,17-19)20(5-2)30-23(27)18-11-15-28-16-12-18;1-2/h10,18,20H,4-9,11-17H2,1-3H3;2H,1H3/q+1;. The minimum Gasteiger partial charge on any atom is -0.475 e. The van der Waals surface area contributed by atoms with Gasteiger partial charge >= 0.3 is 5.97 Å². The highest BCUT2D eigenvalue weighted by Crippen LogP contribution is 2.33. The van der Waals surface area contributed by atoms with Crippen molar-refractivity contribution < 1.29 is 28.6 Å². The number of quaternary nitrogens is 1. The maximum atomic E-state index is 12.8. The summed E-state index contributed by atoms with van der Waals surface area (Å²) < 4.78 is 27.0. The third kappa shape index (κ3) is 8.02. The number of ether oxygens (including phenoxy) is 3. The summed E-state index contributed by atoms with van der Waals surface area (Å²) in [6, 6.07) is 0. The Balaban J connectivity index is 0.00000187. The number of unbranched alkanes of at least 4 members (excludes halogenated alkanes) is 3. The lowest BCUT2D eigenvalue weighted by Crippen LogP contribution is -2.56. The van der Waals surface area contributed by atoms with Gasteiger partial charge in [-0.3, -0.25) is 9.28 Å². The van der Waals surface area contributed by atoms with Crippen LogP contribution in [0.4, 0.5) is 0 Å². The second-order valence-corrected chi connectivity index (χ2v) is 9.42. The van der Waals surface area contributed by atoms with E-state index in [2.05, 4.69) is 35.7 Å². The van der Waals surface area contributed by atoms with Crippen LogP contribution in [0, 0.1) is 5.92 Å². The number of hydrogen-bond donors (Lipinski definition) is 1. The molecule has 188 valence electrons. The van der Waals surface area contributed by atoms with Crippen LogP contribution < -0.4 is 4.74 Å². The number of hydrogen-bond acceptors (Lipinski definition) is 8. The largest absolute Gasteiger partial charge is 0.475 e. The Morgan fingerprint density at radius 3 is 2.70 bits per heavy atom. The molecule has 0 aliphatic carbocycles. The second kappa shape index (κ2) is 14.7. The number of aliphatic hydroxyl groups is 1. The zero-order chi connectivity index (χ0) is 24.1. The predicted molar refractivity (Wildman–Crippen MR) is 130 cm³/mol. The first-order chi connectivity index (χ1) is 16.1. The van der Waals surface area contributed by atoms with Gasteiger partial charge in [0.15, 0.2) is 0 Å². The molecule has 0 bridgehead atoms. The van der Waals surface area contributed by atoms with E-state index in [0.29, 0.717) is 30.2 Å². The van der Waals surface area contributed by atoms with Gasteiger partial charge < -0.3 is 19.3 Å². The number of nitrogens with zero attached hydrogens (tertiary/aromatic N) is 3. The number of aromatic nitrogens is 2. The Kier molecular flexibility index (Phi) is 12.3. The van der Waals surface area contributed by atoms with Crippen molar-refractivity contribution in [2.75, 3.05) is 47.1 Å². The van der Waals surface area contributed by atoms with Crippen LogP contribution in [0.5, 0.6) is 5.88 Å². The minimum absolute atomic E-state index is 0.0374. The topological polar surface area (TPSA) is 90.8 Å². The summed E-state index contributed by atoms with van der Waals surface area (Å²) >= 11 is 1.20. The SMILES string of the molecule is CCCCCCOc1nsnc1C1=CCC[N+](C)(C(CC)OC(=O)C2CCOCC2)C1.CO. The average Bonchev–Trinajstić information content (AvgIpc) is 3.32. The van der Waals surface area contributed by atoms with E-state index in [-0.39, 0.29) is 18.1 Å². The van der Waals surface area contributed by atoms with Gasteiger partial charge in [-0.25, -0.2) is 0 Å². The van der Waals surface area contributed by atoms with E-state index in [9.17, 15) is 4.79 Å². The Morgan fingerprint density at radius 1 is 1.24 bits per heavy atom. The van der Waals surface area contributed by atoms with Crippen molar-refractivity contribution in [1.29, 1.82) is 0 Å². The van der Waals surface area contributed by atoms with E-state index >= 15 is 0 Å². The molecule has 1 aromatic heterocycles. The number of carbonyl (C=O) groups is 1. The summed E-state index contributed by atoms with van der Waals surface area (Å²) in [4.78, 5) is 12.8. The van der Waals surface area contributed by atoms with Gasteiger partial charge in [0.2, 0.25) is 6.23 Å². The first-order valence-corrected chi connectivity index (χ1v) is 13.0. The molecule has 9 heteroatoms. The quantitative estimate of drug-likeness (QED) is 0.288. The van der Waals surface area contributed by atoms with E-state index in [1.807, 2.05) is 0 Å². The molecule has 0 amide bonds. The van der Waals surface area contributed by atoms with Gasteiger partial charge in [0.1, 0.15) is 12.2 Å². The molecule has 8 nitrogen and oxygen atoms in total. The fourth-order valence-corrected chi connectivity index (χ4v) is 5.00. The van der Waals surface area contributed by atoms with Crippen molar-refractivity contribution in [1.82, 2.24) is 8.75 Å². The Morgan fingerprint density at radius 2 is 2.00 bits per heavy atom. The zero-order valence-electron chi connectivity index (χ0n) is 20.8. The van der Waals surface area contributed by atoms with Crippen molar-refractivity contribution in [2.45, 2.75) is 71.4 Å². The maximum absolute atomic E-state index is 12.8. The van der Waals surface area contributed by atoms with E-state index in [1.165, 1.54) is 31.0 Å². The molecule has 3 rings (SSSR count). The third-order valence-electron chi connectivity index (χ3n) is 6.41. The molecule has 2 aliphatic rings. The van der Waals surface area contributed by atoms with Crippen LogP contribution in [0.1, 0.15) is 70.9 Å². The molecule has 1 saturated heterocycles. The maximum Gasteiger partial charge on any atom is 0.313 e. The van der Waals surface area contributed by atoms with Crippen molar-refractivity contribution >= 4 is 23.3 Å². The van der Waals surface area contributed by atoms with Crippen molar-refractivity contribution in [3.8, 4) is 5.88 Å². The summed E-state index contributed by atoms with van der Waals surface area (Å²) in [5.41, 5.74) is 2.00.